The lowest BCUT2D eigenvalue weighted by Crippen LogP contribution is -2.58. The molecule has 0 saturated heterocycles. The van der Waals surface area contributed by atoms with E-state index in [-0.39, 0.29) is 6.17 Å². The standard InChI is InChI=1S/C16H18N5O/c1-19-16(17)21(12-18-19)15(20-10-4-3-5-11-20)13-6-8-14(22-2)9-7-13/h3-12,15,17H,1-2H3/q+1/p+1. The van der Waals surface area contributed by atoms with E-state index in [9.17, 15) is 0 Å². The second kappa shape index (κ2) is 5.85. The van der Waals surface area contributed by atoms with Gasteiger partial charge in [-0.3, -0.25) is 0 Å². The fraction of sp³-hybridized carbons (Fsp3) is 0.188. The van der Waals surface area contributed by atoms with E-state index >= 15 is 0 Å². The average Bonchev–Trinajstić information content (AvgIpc) is 2.89. The van der Waals surface area contributed by atoms with Crippen molar-refractivity contribution >= 4 is 5.95 Å². The molecule has 2 aromatic heterocycles. The molecule has 0 amide bonds. The molecule has 2 heterocycles. The first kappa shape index (κ1) is 14.1. The van der Waals surface area contributed by atoms with Crippen molar-refractivity contribution < 1.29 is 13.9 Å². The molecule has 1 atom stereocenters. The third-order valence-corrected chi connectivity index (χ3v) is 3.64. The van der Waals surface area contributed by atoms with Crippen LogP contribution in [0.15, 0.2) is 61.2 Å². The van der Waals surface area contributed by atoms with Gasteiger partial charge in [-0.25, -0.2) is 0 Å². The van der Waals surface area contributed by atoms with Crippen LogP contribution in [0.25, 0.3) is 0 Å². The van der Waals surface area contributed by atoms with Gasteiger partial charge in [0.25, 0.3) is 6.17 Å². The van der Waals surface area contributed by atoms with Gasteiger partial charge >= 0.3 is 5.95 Å². The molecule has 0 aliphatic carbocycles. The molecular weight excluding hydrogens is 278 g/mol. The van der Waals surface area contributed by atoms with E-state index < -0.39 is 0 Å². The van der Waals surface area contributed by atoms with Gasteiger partial charge in [-0.15, -0.1) is 4.68 Å². The molecule has 22 heavy (non-hydrogen) atoms. The highest BCUT2D eigenvalue weighted by molar-refractivity contribution is 5.27. The Kier molecular flexibility index (Phi) is 3.74. The Morgan fingerprint density at radius 1 is 1.14 bits per heavy atom. The van der Waals surface area contributed by atoms with Crippen LogP contribution in [-0.4, -0.2) is 16.9 Å². The summed E-state index contributed by atoms with van der Waals surface area (Å²) in [6.07, 6.45) is 5.65. The maximum atomic E-state index is 6.16. The second-order valence-corrected chi connectivity index (χ2v) is 4.99. The molecule has 0 aliphatic rings. The average molecular weight is 297 g/mol. The summed E-state index contributed by atoms with van der Waals surface area (Å²) in [6.45, 7) is 0. The van der Waals surface area contributed by atoms with Crippen LogP contribution in [0.4, 0.5) is 5.95 Å². The van der Waals surface area contributed by atoms with E-state index in [1.54, 1.807) is 18.1 Å². The van der Waals surface area contributed by atoms with Gasteiger partial charge in [0, 0.05) is 12.1 Å². The van der Waals surface area contributed by atoms with E-state index in [0.717, 1.165) is 11.3 Å². The lowest BCUT2D eigenvalue weighted by atomic mass is 10.1. The number of nitrogen functional groups attached to an aromatic ring is 1. The van der Waals surface area contributed by atoms with Crippen LogP contribution >= 0.6 is 0 Å². The molecule has 1 unspecified atom stereocenters. The third kappa shape index (κ3) is 2.50. The number of anilines is 1. The van der Waals surface area contributed by atoms with Crippen LogP contribution in [0, 0.1) is 0 Å². The number of methoxy groups -OCH3 is 1. The summed E-state index contributed by atoms with van der Waals surface area (Å²) in [7, 11) is 3.48. The zero-order valence-electron chi connectivity index (χ0n) is 12.6. The fourth-order valence-electron chi connectivity index (χ4n) is 2.43. The number of hydrogen-bond acceptors (Lipinski definition) is 3. The number of rotatable bonds is 4. The Labute approximate surface area is 129 Å². The van der Waals surface area contributed by atoms with Crippen LogP contribution < -0.4 is 19.6 Å². The largest absolute Gasteiger partial charge is 0.497 e. The number of hydrogen-bond donors (Lipinski definition) is 1. The molecule has 0 fully saturated rings. The van der Waals surface area contributed by atoms with Crippen molar-refractivity contribution in [2.45, 2.75) is 6.17 Å². The molecule has 0 radical (unpaired) electrons. The van der Waals surface area contributed by atoms with Gasteiger partial charge in [0.15, 0.2) is 12.4 Å². The Balaban J connectivity index is 2.12. The van der Waals surface area contributed by atoms with E-state index in [4.69, 9.17) is 10.5 Å². The molecule has 112 valence electrons. The molecular formula is C16H19N5O+2. The first-order valence-corrected chi connectivity index (χ1v) is 6.99. The highest BCUT2D eigenvalue weighted by atomic mass is 16.5. The number of nitrogens with two attached hydrogens (primary N) is 1. The summed E-state index contributed by atoms with van der Waals surface area (Å²) in [5.41, 5.74) is 7.24. The van der Waals surface area contributed by atoms with Crippen molar-refractivity contribution in [2.75, 3.05) is 12.8 Å². The number of benzene rings is 1. The summed E-state index contributed by atoms with van der Waals surface area (Å²) in [5, 5.41) is 4.24. The molecule has 2 N–H and O–H groups in total. The molecule has 6 heteroatoms. The third-order valence-electron chi connectivity index (χ3n) is 3.64. The van der Waals surface area contributed by atoms with Crippen LogP contribution in [0.5, 0.6) is 5.75 Å². The van der Waals surface area contributed by atoms with Crippen LogP contribution in [0.2, 0.25) is 0 Å². The minimum atomic E-state index is -0.110. The Hall–Kier alpha value is -2.89. The predicted molar refractivity (Wildman–Crippen MR) is 81.0 cm³/mol. The van der Waals surface area contributed by atoms with Crippen LogP contribution in [0.3, 0.4) is 0 Å². The maximum absolute atomic E-state index is 6.16. The normalized spacial score (nSPS) is 12.1. The fourth-order valence-corrected chi connectivity index (χ4v) is 2.43. The van der Waals surface area contributed by atoms with Gasteiger partial charge in [0.2, 0.25) is 6.33 Å². The molecule has 0 aliphatic heterocycles. The van der Waals surface area contributed by atoms with E-state index in [1.165, 1.54) is 0 Å². The maximum Gasteiger partial charge on any atom is 0.347 e. The summed E-state index contributed by atoms with van der Waals surface area (Å²) < 4.78 is 10.9. The van der Waals surface area contributed by atoms with Crippen molar-refractivity contribution in [1.82, 2.24) is 9.78 Å². The number of pyridine rings is 1. The van der Waals surface area contributed by atoms with Crippen molar-refractivity contribution in [1.29, 1.82) is 0 Å². The van der Waals surface area contributed by atoms with Gasteiger partial charge < -0.3 is 10.5 Å². The first-order chi connectivity index (χ1) is 10.7. The topological polar surface area (TPSA) is 60.8 Å². The van der Waals surface area contributed by atoms with Crippen molar-refractivity contribution in [3.8, 4) is 5.75 Å². The number of aryl methyl sites for hydroxylation is 1. The molecule has 0 spiro atoms. The van der Waals surface area contributed by atoms with Crippen molar-refractivity contribution in [3.63, 3.8) is 0 Å². The second-order valence-electron chi connectivity index (χ2n) is 4.99. The number of nitrogens with zero attached hydrogens (tertiary/aromatic N) is 4. The summed E-state index contributed by atoms with van der Waals surface area (Å²) in [4.78, 5) is 0. The lowest BCUT2D eigenvalue weighted by Gasteiger charge is -2.12. The zero-order chi connectivity index (χ0) is 15.5. The molecule has 0 bridgehead atoms. The summed E-state index contributed by atoms with van der Waals surface area (Å²) >= 11 is 0. The Morgan fingerprint density at radius 2 is 1.82 bits per heavy atom. The van der Waals surface area contributed by atoms with Crippen LogP contribution in [0.1, 0.15) is 11.7 Å². The minimum absolute atomic E-state index is 0.110. The highest BCUT2D eigenvalue weighted by Crippen LogP contribution is 2.16. The lowest BCUT2D eigenvalue weighted by molar-refractivity contribution is -0.928. The van der Waals surface area contributed by atoms with Gasteiger partial charge in [0.1, 0.15) is 5.75 Å². The number of aromatic nitrogens is 4. The zero-order valence-corrected chi connectivity index (χ0v) is 12.6. The molecule has 0 saturated carbocycles. The summed E-state index contributed by atoms with van der Waals surface area (Å²) in [6, 6.07) is 13.9. The molecule has 1 aromatic carbocycles. The minimum Gasteiger partial charge on any atom is -0.497 e. The smallest absolute Gasteiger partial charge is 0.347 e. The van der Waals surface area contributed by atoms with Crippen molar-refractivity contribution in [3.05, 3.63) is 66.7 Å². The van der Waals surface area contributed by atoms with Gasteiger partial charge in [-0.2, -0.15) is 9.13 Å². The Bertz CT molecular complexity index is 752. The predicted octanol–water partition coefficient (Wildman–Crippen LogP) is 0.681. The quantitative estimate of drug-likeness (QED) is 0.721. The monoisotopic (exact) mass is 297 g/mol. The van der Waals surface area contributed by atoms with Crippen molar-refractivity contribution in [2.24, 2.45) is 7.05 Å². The highest BCUT2D eigenvalue weighted by Gasteiger charge is 2.29. The van der Waals surface area contributed by atoms with Gasteiger partial charge in [0.05, 0.1) is 19.7 Å². The summed E-state index contributed by atoms with van der Waals surface area (Å²) in [5.74, 6) is 1.40. The van der Waals surface area contributed by atoms with Crippen LogP contribution in [-0.2, 0) is 7.05 Å². The first-order valence-electron chi connectivity index (χ1n) is 6.99. The molecule has 3 rings (SSSR count). The van der Waals surface area contributed by atoms with E-state index in [2.05, 4.69) is 9.67 Å². The molecule has 3 aromatic rings. The van der Waals surface area contributed by atoms with Gasteiger partial charge in [-0.05, 0) is 29.4 Å². The SMILES string of the molecule is COc1ccc(C([n+]2ccccc2)[n+]2cnn(C)c2N)cc1. The van der Waals surface area contributed by atoms with E-state index in [1.807, 2.05) is 66.5 Å². The van der Waals surface area contributed by atoms with E-state index in [0.29, 0.717) is 5.95 Å². The number of ether oxygens (including phenoxy) is 1. The Morgan fingerprint density at radius 3 is 2.36 bits per heavy atom. The van der Waals surface area contributed by atoms with Gasteiger partial charge in [-0.1, -0.05) is 6.07 Å². The molecule has 6 nitrogen and oxygen atoms in total.